The first-order valence-electron chi connectivity index (χ1n) is 15.0. The molecule has 45 heavy (non-hydrogen) atoms. The molecule has 0 bridgehead atoms. The number of aromatic nitrogens is 1. The zero-order valence-electron chi connectivity index (χ0n) is 26.1. The number of likely N-dealkylation sites (tertiary alicyclic amines) is 1. The standard InChI is InChI=1S/C33H40F2N6O4/c1-5-6-15-41(33(44)38-29-18-26(31(36)42)27(34)19-28(29)35)24-13-16-40(17-14-24)20-23-9-12-30(37-21(23)2)45-25-10-7-22(8-11-25)32(43)39(3)4/h7-12,18-19,24H,5-6,13-17,20H2,1-4H3,(H2,36,42)(H,38,44). The molecule has 0 spiro atoms. The number of nitrogens with one attached hydrogen (secondary N) is 1. The zero-order chi connectivity index (χ0) is 32.7. The Hall–Kier alpha value is -4.58. The van der Waals surface area contributed by atoms with Crippen LogP contribution in [0.25, 0.3) is 0 Å². The van der Waals surface area contributed by atoms with Crippen LogP contribution in [0.3, 0.4) is 0 Å². The van der Waals surface area contributed by atoms with Crippen LogP contribution in [0.5, 0.6) is 11.6 Å². The molecule has 3 N–H and O–H groups in total. The topological polar surface area (TPSA) is 121 Å². The normalized spacial score (nSPS) is 13.7. The maximum absolute atomic E-state index is 14.4. The summed E-state index contributed by atoms with van der Waals surface area (Å²) in [7, 11) is 3.41. The summed E-state index contributed by atoms with van der Waals surface area (Å²) >= 11 is 0. The number of pyridine rings is 1. The van der Waals surface area contributed by atoms with Crippen molar-refractivity contribution in [2.24, 2.45) is 5.73 Å². The first kappa shape index (κ1) is 33.3. The summed E-state index contributed by atoms with van der Waals surface area (Å²) in [6, 6.07) is 11.6. The van der Waals surface area contributed by atoms with E-state index in [-0.39, 0.29) is 17.6 Å². The summed E-state index contributed by atoms with van der Waals surface area (Å²) < 4.78 is 34.3. The molecule has 240 valence electrons. The Labute approximate surface area is 262 Å². The smallest absolute Gasteiger partial charge is 0.322 e. The first-order chi connectivity index (χ1) is 21.5. The average molecular weight is 623 g/mol. The van der Waals surface area contributed by atoms with E-state index in [2.05, 4.69) is 15.2 Å². The minimum absolute atomic E-state index is 0.0682. The Morgan fingerprint density at radius 3 is 2.33 bits per heavy atom. The van der Waals surface area contributed by atoms with Crippen molar-refractivity contribution >= 4 is 23.5 Å². The van der Waals surface area contributed by atoms with Gasteiger partial charge in [-0.15, -0.1) is 0 Å². The Morgan fingerprint density at radius 1 is 1.04 bits per heavy atom. The van der Waals surface area contributed by atoms with Gasteiger partial charge in [-0.25, -0.2) is 18.6 Å². The summed E-state index contributed by atoms with van der Waals surface area (Å²) in [6.07, 6.45) is 3.07. The number of rotatable bonds is 11. The van der Waals surface area contributed by atoms with Crippen molar-refractivity contribution < 1.29 is 27.9 Å². The van der Waals surface area contributed by atoms with Crippen LogP contribution in [-0.2, 0) is 6.54 Å². The van der Waals surface area contributed by atoms with Gasteiger partial charge in [0.15, 0.2) is 0 Å². The molecule has 0 atom stereocenters. The second-order valence-electron chi connectivity index (χ2n) is 11.4. The molecule has 2 heterocycles. The number of urea groups is 1. The predicted molar refractivity (Wildman–Crippen MR) is 167 cm³/mol. The lowest BCUT2D eigenvalue weighted by molar-refractivity contribution is 0.0827. The third kappa shape index (κ3) is 8.53. The molecule has 1 aliphatic heterocycles. The van der Waals surface area contributed by atoms with E-state index in [1.54, 1.807) is 43.3 Å². The average Bonchev–Trinajstić information content (AvgIpc) is 3.00. The second-order valence-corrected chi connectivity index (χ2v) is 11.4. The van der Waals surface area contributed by atoms with Gasteiger partial charge in [-0.2, -0.15) is 0 Å². The highest BCUT2D eigenvalue weighted by atomic mass is 19.1. The number of hydrogen-bond acceptors (Lipinski definition) is 6. The largest absolute Gasteiger partial charge is 0.439 e. The van der Waals surface area contributed by atoms with E-state index in [0.29, 0.717) is 36.3 Å². The maximum Gasteiger partial charge on any atom is 0.322 e. The highest BCUT2D eigenvalue weighted by molar-refractivity contribution is 5.96. The van der Waals surface area contributed by atoms with Crippen molar-refractivity contribution in [1.29, 1.82) is 0 Å². The van der Waals surface area contributed by atoms with Crippen LogP contribution in [0.4, 0.5) is 19.3 Å². The number of primary amides is 1. The number of nitrogens with zero attached hydrogens (tertiary/aromatic N) is 4. The molecule has 3 aromatic rings. The molecule has 4 amide bonds. The quantitative estimate of drug-likeness (QED) is 0.289. The van der Waals surface area contributed by atoms with Crippen LogP contribution >= 0.6 is 0 Å². The summed E-state index contributed by atoms with van der Waals surface area (Å²) in [6.45, 7) is 6.61. The van der Waals surface area contributed by atoms with E-state index in [9.17, 15) is 23.2 Å². The Bertz CT molecular complexity index is 1520. The van der Waals surface area contributed by atoms with Gasteiger partial charge in [0.25, 0.3) is 11.8 Å². The number of halogens is 2. The van der Waals surface area contributed by atoms with Crippen LogP contribution in [0.2, 0.25) is 0 Å². The third-order valence-corrected chi connectivity index (χ3v) is 7.87. The fourth-order valence-electron chi connectivity index (χ4n) is 5.26. The molecule has 0 radical (unpaired) electrons. The molecule has 12 heteroatoms. The van der Waals surface area contributed by atoms with Crippen molar-refractivity contribution in [1.82, 2.24) is 19.7 Å². The molecular formula is C33H40F2N6O4. The zero-order valence-corrected chi connectivity index (χ0v) is 26.1. The van der Waals surface area contributed by atoms with Crippen molar-refractivity contribution in [3.63, 3.8) is 0 Å². The van der Waals surface area contributed by atoms with E-state index in [4.69, 9.17) is 10.5 Å². The minimum atomic E-state index is -1.08. The van der Waals surface area contributed by atoms with E-state index >= 15 is 0 Å². The van der Waals surface area contributed by atoms with Gasteiger partial charge >= 0.3 is 6.03 Å². The Kier molecular flexibility index (Phi) is 11.1. The van der Waals surface area contributed by atoms with Crippen LogP contribution in [0.1, 0.15) is 64.6 Å². The number of benzene rings is 2. The molecule has 0 aliphatic carbocycles. The molecule has 4 rings (SSSR count). The number of amides is 4. The highest BCUT2D eigenvalue weighted by Gasteiger charge is 2.29. The summed E-state index contributed by atoms with van der Waals surface area (Å²) in [5.74, 6) is -2.15. The molecule has 2 aromatic carbocycles. The molecule has 10 nitrogen and oxygen atoms in total. The van der Waals surface area contributed by atoms with Gasteiger partial charge in [-0.05, 0) is 62.1 Å². The number of hydrogen-bond donors (Lipinski definition) is 2. The van der Waals surface area contributed by atoms with E-state index in [0.717, 1.165) is 56.1 Å². The molecule has 0 saturated carbocycles. The van der Waals surface area contributed by atoms with E-state index in [1.807, 2.05) is 26.0 Å². The number of carbonyl (C=O) groups is 3. The number of nitrogens with two attached hydrogens (primary N) is 1. The van der Waals surface area contributed by atoms with Crippen molar-refractivity contribution in [3.05, 3.63) is 82.5 Å². The predicted octanol–water partition coefficient (Wildman–Crippen LogP) is 5.56. The van der Waals surface area contributed by atoms with Gasteiger partial charge < -0.3 is 25.6 Å². The van der Waals surface area contributed by atoms with Crippen molar-refractivity contribution in [3.8, 4) is 11.6 Å². The van der Waals surface area contributed by atoms with Gasteiger partial charge in [0.2, 0.25) is 5.88 Å². The molecule has 1 saturated heterocycles. The molecule has 1 aromatic heterocycles. The molecular weight excluding hydrogens is 582 g/mol. The van der Waals surface area contributed by atoms with Crippen LogP contribution < -0.4 is 15.8 Å². The fourth-order valence-corrected chi connectivity index (χ4v) is 5.26. The van der Waals surface area contributed by atoms with Gasteiger partial charge in [-0.1, -0.05) is 19.4 Å². The molecule has 0 unspecified atom stereocenters. The summed E-state index contributed by atoms with van der Waals surface area (Å²) in [5.41, 5.74) is 6.89. The van der Waals surface area contributed by atoms with Gasteiger partial charge in [0.05, 0.1) is 11.3 Å². The number of carbonyl (C=O) groups excluding carboxylic acids is 3. The van der Waals surface area contributed by atoms with Gasteiger partial charge in [0.1, 0.15) is 17.4 Å². The van der Waals surface area contributed by atoms with Crippen LogP contribution in [-0.4, -0.2) is 77.3 Å². The lowest BCUT2D eigenvalue weighted by Crippen LogP contribution is -2.49. The fraction of sp³-hybridized carbons (Fsp3) is 0.394. The Balaban J connectivity index is 1.35. The number of ether oxygens (including phenoxy) is 1. The number of piperidine rings is 1. The van der Waals surface area contributed by atoms with Gasteiger partial charge in [-0.3, -0.25) is 14.5 Å². The Morgan fingerprint density at radius 2 is 1.73 bits per heavy atom. The molecule has 1 aliphatic rings. The van der Waals surface area contributed by atoms with Crippen molar-refractivity contribution in [2.75, 3.05) is 39.0 Å². The maximum atomic E-state index is 14.4. The highest BCUT2D eigenvalue weighted by Crippen LogP contribution is 2.25. The van der Waals surface area contributed by atoms with E-state index < -0.39 is 29.1 Å². The second kappa shape index (κ2) is 14.9. The SMILES string of the molecule is CCCCN(C(=O)Nc1cc(C(N)=O)c(F)cc1F)C1CCN(Cc2ccc(Oc3ccc(C(=O)N(C)C)cc3)nc2C)CC1. The summed E-state index contributed by atoms with van der Waals surface area (Å²) in [5, 5.41) is 2.52. The minimum Gasteiger partial charge on any atom is -0.439 e. The molecule has 1 fully saturated rings. The lowest BCUT2D eigenvalue weighted by atomic mass is 10.0. The van der Waals surface area contributed by atoms with Crippen LogP contribution in [0, 0.1) is 18.6 Å². The summed E-state index contributed by atoms with van der Waals surface area (Å²) in [4.78, 5) is 47.1. The lowest BCUT2D eigenvalue weighted by Gasteiger charge is -2.38. The number of anilines is 1. The van der Waals surface area contributed by atoms with Crippen molar-refractivity contribution in [2.45, 2.75) is 52.1 Å². The monoisotopic (exact) mass is 622 g/mol. The number of unbranched alkanes of at least 4 members (excludes halogenated alkanes) is 1. The third-order valence-electron chi connectivity index (χ3n) is 7.87. The van der Waals surface area contributed by atoms with Crippen LogP contribution in [0.15, 0.2) is 48.5 Å². The number of aryl methyl sites for hydroxylation is 1. The first-order valence-corrected chi connectivity index (χ1v) is 15.0. The van der Waals surface area contributed by atoms with Gasteiger partial charge in [0, 0.05) is 69.7 Å². The van der Waals surface area contributed by atoms with E-state index in [1.165, 1.54) is 4.90 Å².